The van der Waals surface area contributed by atoms with Gasteiger partial charge in [0.1, 0.15) is 0 Å². The lowest BCUT2D eigenvalue weighted by atomic mass is 9.75. The summed E-state index contributed by atoms with van der Waals surface area (Å²) in [7, 11) is 0. The zero-order chi connectivity index (χ0) is 20.5. The molecule has 0 saturated heterocycles. The SMILES string of the molecule is CC(C(=O)n1nc2c(c1-c1ccccc1)[C@H](C)CC[C@H]2C(C)C)c1ccccc1. The second-order valence-electron chi connectivity index (χ2n) is 8.72. The Kier molecular flexibility index (Phi) is 5.40. The molecule has 3 nitrogen and oxygen atoms in total. The minimum atomic E-state index is -0.243. The van der Waals surface area contributed by atoms with Crippen LogP contribution in [-0.4, -0.2) is 15.7 Å². The molecule has 0 saturated carbocycles. The number of aromatic nitrogens is 2. The summed E-state index contributed by atoms with van der Waals surface area (Å²) < 4.78 is 1.72. The molecule has 2 aromatic carbocycles. The van der Waals surface area contributed by atoms with Gasteiger partial charge in [-0.1, -0.05) is 81.4 Å². The summed E-state index contributed by atoms with van der Waals surface area (Å²) in [5.74, 6) is 1.12. The first-order chi connectivity index (χ1) is 14.0. The van der Waals surface area contributed by atoms with Crippen molar-refractivity contribution in [3.8, 4) is 11.3 Å². The van der Waals surface area contributed by atoms with Crippen LogP contribution >= 0.6 is 0 Å². The maximum Gasteiger partial charge on any atom is 0.254 e. The first kappa shape index (κ1) is 19.6. The van der Waals surface area contributed by atoms with E-state index in [2.05, 4.69) is 32.9 Å². The minimum Gasteiger partial charge on any atom is -0.272 e. The highest BCUT2D eigenvalue weighted by Crippen LogP contribution is 2.46. The lowest BCUT2D eigenvalue weighted by Gasteiger charge is -2.28. The van der Waals surface area contributed by atoms with Gasteiger partial charge in [-0.15, -0.1) is 0 Å². The number of benzene rings is 2. The second-order valence-corrected chi connectivity index (χ2v) is 8.72. The van der Waals surface area contributed by atoms with E-state index in [1.165, 1.54) is 5.56 Å². The van der Waals surface area contributed by atoms with E-state index in [1.807, 2.05) is 55.5 Å². The number of hydrogen-bond acceptors (Lipinski definition) is 2. The van der Waals surface area contributed by atoms with Crippen molar-refractivity contribution in [2.75, 3.05) is 0 Å². The fourth-order valence-corrected chi connectivity index (χ4v) is 4.67. The zero-order valence-corrected chi connectivity index (χ0v) is 17.8. The smallest absolute Gasteiger partial charge is 0.254 e. The van der Waals surface area contributed by atoms with Crippen molar-refractivity contribution in [1.29, 1.82) is 0 Å². The number of fused-ring (bicyclic) bond motifs is 1. The summed E-state index contributed by atoms with van der Waals surface area (Å²) >= 11 is 0. The van der Waals surface area contributed by atoms with Crippen LogP contribution in [0.4, 0.5) is 0 Å². The van der Waals surface area contributed by atoms with E-state index < -0.39 is 0 Å². The van der Waals surface area contributed by atoms with Gasteiger partial charge >= 0.3 is 0 Å². The Morgan fingerprint density at radius 3 is 2.21 bits per heavy atom. The summed E-state index contributed by atoms with van der Waals surface area (Å²) in [5, 5.41) is 4.99. The molecule has 3 heteroatoms. The Balaban J connectivity index is 1.89. The predicted molar refractivity (Wildman–Crippen MR) is 118 cm³/mol. The van der Waals surface area contributed by atoms with E-state index in [4.69, 9.17) is 5.10 Å². The highest BCUT2D eigenvalue weighted by molar-refractivity contribution is 5.89. The van der Waals surface area contributed by atoms with Crippen molar-refractivity contribution in [3.05, 3.63) is 77.5 Å². The van der Waals surface area contributed by atoms with E-state index in [-0.39, 0.29) is 11.8 Å². The molecule has 0 amide bonds. The summed E-state index contributed by atoms with van der Waals surface area (Å²) in [6.07, 6.45) is 2.28. The molecule has 0 N–H and O–H groups in total. The van der Waals surface area contributed by atoms with Gasteiger partial charge in [0.2, 0.25) is 0 Å². The van der Waals surface area contributed by atoms with E-state index in [9.17, 15) is 4.79 Å². The van der Waals surface area contributed by atoms with Crippen LogP contribution in [0.2, 0.25) is 0 Å². The van der Waals surface area contributed by atoms with E-state index >= 15 is 0 Å². The Bertz CT molecular complexity index is 988. The third-order valence-corrected chi connectivity index (χ3v) is 6.44. The highest BCUT2D eigenvalue weighted by Gasteiger charge is 2.36. The molecule has 4 rings (SSSR count). The fourth-order valence-electron chi connectivity index (χ4n) is 4.67. The molecule has 3 aromatic rings. The molecule has 0 radical (unpaired) electrons. The van der Waals surface area contributed by atoms with E-state index in [1.54, 1.807) is 4.68 Å². The van der Waals surface area contributed by atoms with Crippen LogP contribution in [0.1, 0.15) is 79.9 Å². The molecule has 1 aromatic heterocycles. The molecule has 1 aliphatic rings. The van der Waals surface area contributed by atoms with Crippen molar-refractivity contribution < 1.29 is 4.79 Å². The Labute approximate surface area is 173 Å². The van der Waals surface area contributed by atoms with Gasteiger partial charge in [-0.25, -0.2) is 0 Å². The summed E-state index contributed by atoms with van der Waals surface area (Å²) in [6.45, 7) is 8.79. The maximum atomic E-state index is 13.6. The number of rotatable bonds is 4. The quantitative estimate of drug-likeness (QED) is 0.504. The van der Waals surface area contributed by atoms with Crippen LogP contribution in [0.15, 0.2) is 60.7 Å². The van der Waals surface area contributed by atoms with Crippen LogP contribution in [-0.2, 0) is 0 Å². The first-order valence-corrected chi connectivity index (χ1v) is 10.8. The van der Waals surface area contributed by atoms with Crippen molar-refractivity contribution in [2.24, 2.45) is 5.92 Å². The van der Waals surface area contributed by atoms with E-state index in [0.29, 0.717) is 17.8 Å². The van der Waals surface area contributed by atoms with Crippen LogP contribution < -0.4 is 0 Å². The Morgan fingerprint density at radius 2 is 1.59 bits per heavy atom. The van der Waals surface area contributed by atoms with Crippen LogP contribution in [0.25, 0.3) is 11.3 Å². The van der Waals surface area contributed by atoms with Gasteiger partial charge in [-0.05, 0) is 37.2 Å². The summed E-state index contributed by atoms with van der Waals surface area (Å²) in [4.78, 5) is 13.6. The van der Waals surface area contributed by atoms with Crippen molar-refractivity contribution in [1.82, 2.24) is 9.78 Å². The van der Waals surface area contributed by atoms with Crippen molar-refractivity contribution in [2.45, 2.75) is 58.3 Å². The van der Waals surface area contributed by atoms with Gasteiger partial charge in [0, 0.05) is 17.0 Å². The average molecular weight is 387 g/mol. The number of carbonyl (C=O) groups excluding carboxylic acids is 1. The standard InChI is InChI=1S/C26H30N2O/c1-17(2)22-16-15-18(3)23-24(22)27-28(25(23)21-13-9-6-10-14-21)26(29)19(4)20-11-7-5-8-12-20/h5-14,17-19,22H,15-16H2,1-4H3/t18-,19?,22+/m1/s1. The summed E-state index contributed by atoms with van der Waals surface area (Å²) in [5.41, 5.74) is 5.50. The summed E-state index contributed by atoms with van der Waals surface area (Å²) in [6, 6.07) is 20.3. The van der Waals surface area contributed by atoms with Crippen LogP contribution in [0, 0.1) is 5.92 Å². The maximum absolute atomic E-state index is 13.6. The third-order valence-electron chi connectivity index (χ3n) is 6.44. The predicted octanol–water partition coefficient (Wildman–Crippen LogP) is 6.63. The number of carbonyl (C=O) groups is 1. The molecule has 1 unspecified atom stereocenters. The fraction of sp³-hybridized carbons (Fsp3) is 0.385. The lowest BCUT2D eigenvalue weighted by molar-refractivity contribution is 0.0869. The van der Waals surface area contributed by atoms with Crippen LogP contribution in [0.3, 0.4) is 0 Å². The van der Waals surface area contributed by atoms with Crippen LogP contribution in [0.5, 0.6) is 0 Å². The molecule has 0 aliphatic heterocycles. The number of nitrogens with zero attached hydrogens (tertiary/aromatic N) is 2. The average Bonchev–Trinajstić information content (AvgIpc) is 3.15. The van der Waals surface area contributed by atoms with Gasteiger partial charge < -0.3 is 0 Å². The topological polar surface area (TPSA) is 34.9 Å². The number of hydrogen-bond donors (Lipinski definition) is 0. The lowest BCUT2D eigenvalue weighted by Crippen LogP contribution is -2.20. The molecule has 3 atom stereocenters. The second kappa shape index (κ2) is 7.98. The van der Waals surface area contributed by atoms with Crippen molar-refractivity contribution >= 4 is 5.91 Å². The molecule has 0 fully saturated rings. The Morgan fingerprint density at radius 1 is 0.966 bits per heavy atom. The van der Waals surface area contributed by atoms with Gasteiger partial charge in [0.05, 0.1) is 17.3 Å². The Hall–Kier alpha value is -2.68. The molecule has 0 spiro atoms. The molecular weight excluding hydrogens is 356 g/mol. The van der Waals surface area contributed by atoms with Gasteiger partial charge in [0.25, 0.3) is 5.91 Å². The first-order valence-electron chi connectivity index (χ1n) is 10.8. The van der Waals surface area contributed by atoms with Gasteiger partial charge in [0.15, 0.2) is 0 Å². The van der Waals surface area contributed by atoms with E-state index in [0.717, 1.165) is 35.4 Å². The van der Waals surface area contributed by atoms with Crippen molar-refractivity contribution in [3.63, 3.8) is 0 Å². The largest absolute Gasteiger partial charge is 0.272 e. The molecule has 150 valence electrons. The zero-order valence-electron chi connectivity index (χ0n) is 17.8. The normalized spacial score (nSPS) is 19.8. The van der Waals surface area contributed by atoms with Gasteiger partial charge in [-0.3, -0.25) is 4.79 Å². The molecule has 1 aliphatic carbocycles. The minimum absolute atomic E-state index is 0.0409. The molecule has 1 heterocycles. The van der Waals surface area contributed by atoms with Gasteiger partial charge in [-0.2, -0.15) is 9.78 Å². The molecule has 0 bridgehead atoms. The molecular formula is C26H30N2O. The monoisotopic (exact) mass is 386 g/mol. The highest BCUT2D eigenvalue weighted by atomic mass is 16.2. The molecule has 29 heavy (non-hydrogen) atoms. The third kappa shape index (κ3) is 3.55.